The zero-order valence-electron chi connectivity index (χ0n) is 15.3. The van der Waals surface area contributed by atoms with Crippen molar-refractivity contribution in [2.45, 2.75) is 57.8 Å². The summed E-state index contributed by atoms with van der Waals surface area (Å²) in [5, 5.41) is 2.80. The lowest BCUT2D eigenvalue weighted by atomic mass is 9.86. The molecule has 0 aromatic heterocycles. The number of amides is 1. The second-order valence-electron chi connectivity index (χ2n) is 7.78. The number of hydrazine groups is 1. The van der Waals surface area contributed by atoms with Crippen molar-refractivity contribution in [2.75, 3.05) is 0 Å². The minimum atomic E-state index is -4.53. The van der Waals surface area contributed by atoms with Crippen molar-refractivity contribution >= 4 is 16.7 Å². The Kier molecular flexibility index (Phi) is 4.51. The topological polar surface area (TPSA) is 32.3 Å². The van der Waals surface area contributed by atoms with Gasteiger partial charge in [0, 0.05) is 12.0 Å². The Hall–Kier alpha value is -2.08. The fraction of sp³-hybridized carbons (Fsp3) is 0.450. The van der Waals surface area contributed by atoms with E-state index in [0.29, 0.717) is 5.56 Å². The first-order chi connectivity index (χ1) is 12.0. The van der Waals surface area contributed by atoms with Crippen LogP contribution in [0.15, 0.2) is 36.4 Å². The molecule has 1 amide bonds. The molecule has 1 aliphatic rings. The molecule has 26 heavy (non-hydrogen) atoms. The second kappa shape index (κ2) is 6.27. The monoisotopic (exact) mass is 364 g/mol. The molecule has 6 heteroatoms. The van der Waals surface area contributed by atoms with Crippen LogP contribution in [0.25, 0.3) is 10.8 Å². The highest BCUT2D eigenvalue weighted by molar-refractivity contribution is 5.87. The first-order valence-corrected chi connectivity index (χ1v) is 8.69. The van der Waals surface area contributed by atoms with Crippen LogP contribution in [-0.2, 0) is 4.79 Å². The largest absolute Gasteiger partial charge is 0.409 e. The zero-order chi connectivity index (χ0) is 19.3. The maximum atomic E-state index is 14.2. The Balaban J connectivity index is 2.26. The fourth-order valence-corrected chi connectivity index (χ4v) is 3.87. The Morgan fingerprint density at radius 3 is 2.31 bits per heavy atom. The molecule has 0 spiro atoms. The Bertz CT molecular complexity index is 843. The van der Waals surface area contributed by atoms with E-state index in [9.17, 15) is 18.0 Å². The van der Waals surface area contributed by atoms with E-state index in [-0.39, 0.29) is 17.9 Å². The molecule has 2 aromatic carbocycles. The number of hydrogen-bond donors (Lipinski definition) is 1. The molecule has 3 rings (SSSR count). The van der Waals surface area contributed by atoms with Gasteiger partial charge in [0.15, 0.2) is 6.04 Å². The van der Waals surface area contributed by atoms with Gasteiger partial charge in [-0.2, -0.15) is 18.2 Å². The van der Waals surface area contributed by atoms with Crippen LogP contribution in [0.5, 0.6) is 0 Å². The quantitative estimate of drug-likeness (QED) is 0.823. The number of hydrogen-bond acceptors (Lipinski definition) is 2. The van der Waals surface area contributed by atoms with Gasteiger partial charge in [-0.1, -0.05) is 50.2 Å². The molecular weight excluding hydrogens is 341 g/mol. The summed E-state index contributed by atoms with van der Waals surface area (Å²) >= 11 is 0. The average molecular weight is 364 g/mol. The van der Waals surface area contributed by atoms with Crippen LogP contribution in [0.1, 0.15) is 57.2 Å². The molecule has 1 fully saturated rings. The molecule has 1 aliphatic heterocycles. The van der Waals surface area contributed by atoms with Gasteiger partial charge in [-0.3, -0.25) is 10.2 Å². The van der Waals surface area contributed by atoms with Gasteiger partial charge in [-0.05, 0) is 41.7 Å². The Morgan fingerprint density at radius 2 is 1.77 bits per heavy atom. The van der Waals surface area contributed by atoms with Crippen LogP contribution >= 0.6 is 0 Å². The number of rotatable bonds is 3. The number of halogens is 3. The highest BCUT2D eigenvalue weighted by atomic mass is 19.4. The van der Waals surface area contributed by atoms with Crippen molar-refractivity contribution in [2.24, 2.45) is 0 Å². The number of carbonyl (C=O) groups excluding carboxylic acids is 1. The van der Waals surface area contributed by atoms with Gasteiger partial charge in [-0.25, -0.2) is 0 Å². The van der Waals surface area contributed by atoms with Crippen LogP contribution in [0.4, 0.5) is 13.2 Å². The summed E-state index contributed by atoms with van der Waals surface area (Å²) < 4.78 is 42.5. The van der Waals surface area contributed by atoms with E-state index < -0.39 is 23.7 Å². The summed E-state index contributed by atoms with van der Waals surface area (Å²) in [6.45, 7) is 7.10. The van der Waals surface area contributed by atoms with E-state index in [4.69, 9.17) is 0 Å². The Labute approximate surface area is 151 Å². The van der Waals surface area contributed by atoms with E-state index in [1.165, 1.54) is 0 Å². The smallest absolute Gasteiger partial charge is 0.287 e. The van der Waals surface area contributed by atoms with E-state index >= 15 is 0 Å². The average Bonchev–Trinajstić information content (AvgIpc) is 2.77. The molecule has 1 atom stereocenters. The van der Waals surface area contributed by atoms with Crippen LogP contribution in [0.3, 0.4) is 0 Å². The van der Waals surface area contributed by atoms with Crippen LogP contribution in [0, 0.1) is 0 Å². The summed E-state index contributed by atoms with van der Waals surface area (Å²) in [6, 6.07) is 8.84. The summed E-state index contributed by atoms with van der Waals surface area (Å²) in [4.78, 5) is 11.8. The van der Waals surface area contributed by atoms with E-state index in [2.05, 4.69) is 5.43 Å². The van der Waals surface area contributed by atoms with Crippen molar-refractivity contribution < 1.29 is 18.0 Å². The standard InChI is InChI=1S/C20H23F3N2O/c1-12(2)17-14-8-6-5-7-13(14)9-10-15(17)18(20(21,22)23)25-19(3,4)11-16(26)24-25/h5-10,12,18H,11H2,1-4H3,(H,24,26)/t18-/m0/s1. The van der Waals surface area contributed by atoms with Crippen molar-refractivity contribution in [3.05, 3.63) is 47.5 Å². The highest BCUT2D eigenvalue weighted by Crippen LogP contribution is 2.46. The normalized spacial score (nSPS) is 19.2. The fourth-order valence-electron chi connectivity index (χ4n) is 3.87. The predicted molar refractivity (Wildman–Crippen MR) is 95.5 cm³/mol. The third kappa shape index (κ3) is 3.18. The van der Waals surface area contributed by atoms with E-state index in [1.807, 2.05) is 38.1 Å². The predicted octanol–water partition coefficient (Wildman–Crippen LogP) is 5.08. The van der Waals surface area contributed by atoms with Gasteiger partial charge >= 0.3 is 6.18 Å². The molecule has 3 nitrogen and oxygen atoms in total. The van der Waals surface area contributed by atoms with E-state index in [1.54, 1.807) is 26.0 Å². The SMILES string of the molecule is CC(C)c1c([C@H](N2NC(=O)CC2(C)C)C(F)(F)F)ccc2ccccc12. The van der Waals surface area contributed by atoms with Crippen LogP contribution < -0.4 is 5.43 Å². The number of nitrogens with one attached hydrogen (secondary N) is 1. The molecule has 2 aromatic rings. The van der Waals surface area contributed by atoms with Gasteiger partial charge in [0.2, 0.25) is 5.91 Å². The number of fused-ring (bicyclic) bond motifs is 1. The van der Waals surface area contributed by atoms with Gasteiger partial charge in [0.25, 0.3) is 0 Å². The van der Waals surface area contributed by atoms with Gasteiger partial charge in [-0.15, -0.1) is 0 Å². The number of alkyl halides is 3. The minimum absolute atomic E-state index is 0.0319. The van der Waals surface area contributed by atoms with Crippen molar-refractivity contribution in [1.29, 1.82) is 0 Å². The molecule has 0 saturated carbocycles. The maximum Gasteiger partial charge on any atom is 0.409 e. The van der Waals surface area contributed by atoms with Crippen molar-refractivity contribution in [3.63, 3.8) is 0 Å². The summed E-state index contributed by atoms with van der Waals surface area (Å²) in [5.74, 6) is -0.487. The van der Waals surface area contributed by atoms with Crippen LogP contribution in [0.2, 0.25) is 0 Å². The molecular formula is C20H23F3N2O. The lowest BCUT2D eigenvalue weighted by Gasteiger charge is -2.39. The zero-order valence-corrected chi connectivity index (χ0v) is 15.3. The lowest BCUT2D eigenvalue weighted by Crippen LogP contribution is -2.51. The first kappa shape index (κ1) is 18.7. The van der Waals surface area contributed by atoms with Crippen molar-refractivity contribution in [3.8, 4) is 0 Å². The molecule has 0 bridgehead atoms. The first-order valence-electron chi connectivity index (χ1n) is 8.69. The number of benzene rings is 2. The third-order valence-corrected chi connectivity index (χ3v) is 4.94. The molecule has 0 unspecified atom stereocenters. The third-order valence-electron chi connectivity index (χ3n) is 4.94. The molecule has 1 heterocycles. The molecule has 0 aliphatic carbocycles. The van der Waals surface area contributed by atoms with E-state index in [0.717, 1.165) is 15.8 Å². The van der Waals surface area contributed by atoms with Gasteiger partial charge in [0.05, 0.1) is 0 Å². The lowest BCUT2D eigenvalue weighted by molar-refractivity contribution is -0.204. The minimum Gasteiger partial charge on any atom is -0.287 e. The van der Waals surface area contributed by atoms with Gasteiger partial charge < -0.3 is 0 Å². The van der Waals surface area contributed by atoms with Crippen LogP contribution in [-0.4, -0.2) is 22.6 Å². The molecule has 1 saturated heterocycles. The summed E-state index contributed by atoms with van der Waals surface area (Å²) in [5.41, 5.74) is 2.37. The summed E-state index contributed by atoms with van der Waals surface area (Å²) in [7, 11) is 0. The maximum absolute atomic E-state index is 14.2. The number of nitrogens with zero attached hydrogens (tertiary/aromatic N) is 1. The van der Waals surface area contributed by atoms with Gasteiger partial charge in [0.1, 0.15) is 0 Å². The highest BCUT2D eigenvalue weighted by Gasteiger charge is 2.53. The molecule has 140 valence electrons. The molecule has 1 N–H and O–H groups in total. The van der Waals surface area contributed by atoms with Crippen molar-refractivity contribution in [1.82, 2.24) is 10.4 Å². The second-order valence-corrected chi connectivity index (χ2v) is 7.78. The number of carbonyl (C=O) groups is 1. The summed E-state index contributed by atoms with van der Waals surface area (Å²) in [6.07, 6.45) is -4.49. The Morgan fingerprint density at radius 1 is 1.12 bits per heavy atom. The molecule has 0 radical (unpaired) electrons.